The van der Waals surface area contributed by atoms with Crippen LogP contribution in [0.2, 0.25) is 0 Å². The minimum absolute atomic E-state index is 0.217. The number of nitrogens with two attached hydrogens (primary N) is 1. The summed E-state index contributed by atoms with van der Waals surface area (Å²) < 4.78 is 5.31. The van der Waals surface area contributed by atoms with Crippen LogP contribution in [0.1, 0.15) is 33.6 Å². The van der Waals surface area contributed by atoms with Gasteiger partial charge in [-0.15, -0.1) is 0 Å². The summed E-state index contributed by atoms with van der Waals surface area (Å²) in [5, 5.41) is 0. The molecule has 0 saturated carbocycles. The highest BCUT2D eigenvalue weighted by atomic mass is 16.5. The topological polar surface area (TPSA) is 77.2 Å². The van der Waals surface area contributed by atoms with Crippen LogP contribution in [0.3, 0.4) is 0 Å². The van der Waals surface area contributed by atoms with Gasteiger partial charge in [-0.05, 0) is 32.6 Å². The van der Waals surface area contributed by atoms with Crippen LogP contribution in [0.15, 0.2) is 0 Å². The van der Waals surface area contributed by atoms with E-state index in [1.807, 2.05) is 6.92 Å². The van der Waals surface area contributed by atoms with E-state index in [2.05, 4.69) is 33.7 Å². The summed E-state index contributed by atoms with van der Waals surface area (Å²) in [5.41, 5.74) is 5.71. The average Bonchev–Trinajstić information content (AvgIpc) is 2.32. The Kier molecular flexibility index (Phi) is 3.84. The van der Waals surface area contributed by atoms with Crippen LogP contribution in [-0.2, 0) is 0 Å². The molecule has 2 rings (SSSR count). The summed E-state index contributed by atoms with van der Waals surface area (Å²) in [6, 6.07) is 0.739. The molecule has 100 valence electrons. The SMILES string of the molecule is CCOc1nc(N)nc(N2CC(C)CCC2C)n1. The molecule has 1 saturated heterocycles. The first-order chi connectivity index (χ1) is 8.60. The first-order valence-electron chi connectivity index (χ1n) is 6.51. The molecule has 1 aliphatic rings. The minimum Gasteiger partial charge on any atom is -0.464 e. The molecule has 2 unspecified atom stereocenters. The van der Waals surface area contributed by atoms with Gasteiger partial charge in [-0.25, -0.2) is 0 Å². The van der Waals surface area contributed by atoms with Crippen molar-refractivity contribution in [2.75, 3.05) is 23.8 Å². The van der Waals surface area contributed by atoms with Crippen LogP contribution in [-0.4, -0.2) is 34.1 Å². The Balaban J connectivity index is 2.25. The predicted molar refractivity (Wildman–Crippen MR) is 70.6 cm³/mol. The van der Waals surface area contributed by atoms with Crippen molar-refractivity contribution in [3.63, 3.8) is 0 Å². The van der Waals surface area contributed by atoms with E-state index >= 15 is 0 Å². The van der Waals surface area contributed by atoms with E-state index in [-0.39, 0.29) is 5.95 Å². The monoisotopic (exact) mass is 251 g/mol. The van der Waals surface area contributed by atoms with Gasteiger partial charge in [0, 0.05) is 12.6 Å². The highest BCUT2D eigenvalue weighted by Gasteiger charge is 2.25. The van der Waals surface area contributed by atoms with Crippen LogP contribution < -0.4 is 15.4 Å². The molecule has 2 N–H and O–H groups in total. The molecule has 6 heteroatoms. The number of nitrogens with zero attached hydrogens (tertiary/aromatic N) is 4. The van der Waals surface area contributed by atoms with Crippen molar-refractivity contribution in [2.24, 2.45) is 5.92 Å². The van der Waals surface area contributed by atoms with E-state index in [0.717, 1.165) is 13.0 Å². The number of hydrogen-bond acceptors (Lipinski definition) is 6. The quantitative estimate of drug-likeness (QED) is 0.876. The molecular weight excluding hydrogens is 230 g/mol. The highest BCUT2D eigenvalue weighted by Crippen LogP contribution is 2.26. The van der Waals surface area contributed by atoms with Crippen molar-refractivity contribution in [1.29, 1.82) is 0 Å². The molecule has 1 fully saturated rings. The number of piperidine rings is 1. The van der Waals surface area contributed by atoms with Crippen molar-refractivity contribution in [3.8, 4) is 6.01 Å². The summed E-state index contributed by atoms with van der Waals surface area (Å²) in [6.45, 7) is 7.80. The van der Waals surface area contributed by atoms with Crippen LogP contribution in [0, 0.1) is 5.92 Å². The lowest BCUT2D eigenvalue weighted by Crippen LogP contribution is -2.42. The van der Waals surface area contributed by atoms with E-state index in [1.54, 1.807) is 0 Å². The molecule has 0 radical (unpaired) electrons. The van der Waals surface area contributed by atoms with Gasteiger partial charge in [-0.3, -0.25) is 0 Å². The van der Waals surface area contributed by atoms with Gasteiger partial charge in [0.05, 0.1) is 6.61 Å². The number of aromatic nitrogens is 3. The maximum Gasteiger partial charge on any atom is 0.323 e. The summed E-state index contributed by atoms with van der Waals surface area (Å²) in [4.78, 5) is 14.7. The second-order valence-corrected chi connectivity index (χ2v) is 4.89. The average molecular weight is 251 g/mol. The fraction of sp³-hybridized carbons (Fsp3) is 0.750. The lowest BCUT2D eigenvalue weighted by atomic mass is 9.95. The first kappa shape index (κ1) is 12.9. The van der Waals surface area contributed by atoms with Crippen LogP contribution >= 0.6 is 0 Å². The van der Waals surface area contributed by atoms with Gasteiger partial charge in [-0.1, -0.05) is 6.92 Å². The molecule has 0 bridgehead atoms. The Bertz CT molecular complexity index is 411. The fourth-order valence-corrected chi connectivity index (χ4v) is 2.25. The number of anilines is 2. The van der Waals surface area contributed by atoms with Gasteiger partial charge in [0.1, 0.15) is 0 Å². The zero-order chi connectivity index (χ0) is 13.1. The Morgan fingerprint density at radius 3 is 2.78 bits per heavy atom. The highest BCUT2D eigenvalue weighted by molar-refractivity contribution is 5.37. The smallest absolute Gasteiger partial charge is 0.323 e. The fourth-order valence-electron chi connectivity index (χ4n) is 2.25. The summed E-state index contributed by atoms with van der Waals surface area (Å²) in [6.07, 6.45) is 2.40. The molecule has 1 aromatic heterocycles. The van der Waals surface area contributed by atoms with Crippen molar-refractivity contribution in [2.45, 2.75) is 39.7 Å². The van der Waals surface area contributed by atoms with Gasteiger partial charge in [0.25, 0.3) is 0 Å². The standard InChI is InChI=1S/C12H21N5O/c1-4-18-12-15-10(13)14-11(16-12)17-7-8(2)5-6-9(17)3/h8-9H,4-7H2,1-3H3,(H2,13,14,15,16). The van der Waals surface area contributed by atoms with Gasteiger partial charge in [-0.2, -0.15) is 15.0 Å². The lowest BCUT2D eigenvalue weighted by Gasteiger charge is -2.36. The van der Waals surface area contributed by atoms with Gasteiger partial charge in [0.15, 0.2) is 0 Å². The Hall–Kier alpha value is -1.59. The summed E-state index contributed by atoms with van der Waals surface area (Å²) in [5.74, 6) is 1.49. The molecule has 0 spiro atoms. The second-order valence-electron chi connectivity index (χ2n) is 4.89. The van der Waals surface area contributed by atoms with Crippen molar-refractivity contribution in [1.82, 2.24) is 15.0 Å². The molecule has 0 aliphatic carbocycles. The van der Waals surface area contributed by atoms with Crippen LogP contribution in [0.5, 0.6) is 6.01 Å². The number of hydrogen-bond donors (Lipinski definition) is 1. The van der Waals surface area contributed by atoms with E-state index in [4.69, 9.17) is 10.5 Å². The third-order valence-corrected chi connectivity index (χ3v) is 3.27. The molecule has 1 aliphatic heterocycles. The van der Waals surface area contributed by atoms with E-state index in [9.17, 15) is 0 Å². The van der Waals surface area contributed by atoms with E-state index in [0.29, 0.717) is 30.5 Å². The molecule has 2 heterocycles. The molecule has 6 nitrogen and oxygen atoms in total. The normalized spacial score (nSPS) is 24.1. The zero-order valence-electron chi connectivity index (χ0n) is 11.3. The second kappa shape index (κ2) is 5.37. The number of ether oxygens (including phenoxy) is 1. The van der Waals surface area contributed by atoms with Gasteiger partial charge >= 0.3 is 6.01 Å². The molecule has 2 atom stereocenters. The zero-order valence-corrected chi connectivity index (χ0v) is 11.3. The third kappa shape index (κ3) is 2.80. The van der Waals surface area contributed by atoms with Crippen molar-refractivity contribution >= 4 is 11.9 Å². The number of rotatable bonds is 3. The third-order valence-electron chi connectivity index (χ3n) is 3.27. The minimum atomic E-state index is 0.217. The maximum atomic E-state index is 5.71. The number of nitrogen functional groups attached to an aromatic ring is 1. The molecular formula is C12H21N5O. The Morgan fingerprint density at radius 2 is 2.06 bits per heavy atom. The predicted octanol–water partition coefficient (Wildman–Crippen LogP) is 1.48. The molecule has 0 aromatic carbocycles. The van der Waals surface area contributed by atoms with E-state index < -0.39 is 0 Å². The molecule has 1 aromatic rings. The summed E-state index contributed by atoms with van der Waals surface area (Å²) >= 11 is 0. The maximum absolute atomic E-state index is 5.71. The Morgan fingerprint density at radius 1 is 1.28 bits per heavy atom. The van der Waals surface area contributed by atoms with Crippen molar-refractivity contribution < 1.29 is 4.74 Å². The van der Waals surface area contributed by atoms with Crippen LogP contribution in [0.25, 0.3) is 0 Å². The summed E-state index contributed by atoms with van der Waals surface area (Å²) in [7, 11) is 0. The van der Waals surface area contributed by atoms with E-state index in [1.165, 1.54) is 6.42 Å². The first-order valence-corrected chi connectivity index (χ1v) is 6.51. The molecule has 18 heavy (non-hydrogen) atoms. The van der Waals surface area contributed by atoms with Gasteiger partial charge < -0.3 is 15.4 Å². The lowest BCUT2D eigenvalue weighted by molar-refractivity contribution is 0.310. The largest absolute Gasteiger partial charge is 0.464 e. The Labute approximate surface area is 108 Å². The van der Waals surface area contributed by atoms with Crippen LogP contribution in [0.4, 0.5) is 11.9 Å². The molecule has 0 amide bonds. The van der Waals surface area contributed by atoms with Crippen molar-refractivity contribution in [3.05, 3.63) is 0 Å². The van der Waals surface area contributed by atoms with Gasteiger partial charge in [0.2, 0.25) is 11.9 Å².